The second-order valence-electron chi connectivity index (χ2n) is 10.0. The minimum atomic E-state index is -0.979. The van der Waals surface area contributed by atoms with Crippen LogP contribution in [0.15, 0.2) is 89.7 Å². The minimum absolute atomic E-state index is 0.191. The van der Waals surface area contributed by atoms with Gasteiger partial charge in [-0.25, -0.2) is 9.89 Å². The van der Waals surface area contributed by atoms with Gasteiger partial charge in [0.2, 0.25) is 0 Å². The first-order valence-electron chi connectivity index (χ1n) is 13.7. The number of carboxylic acids is 1. The highest BCUT2D eigenvalue weighted by Crippen LogP contribution is 2.26. The number of amides is 1. The number of rotatable bonds is 12. The summed E-state index contributed by atoms with van der Waals surface area (Å²) in [5.41, 5.74) is 5.03. The lowest BCUT2D eigenvalue weighted by Gasteiger charge is -2.16. The number of aromatic amines is 1. The lowest BCUT2D eigenvalue weighted by atomic mass is 10.0. The van der Waals surface area contributed by atoms with Crippen LogP contribution >= 0.6 is 0 Å². The number of carboxylic acid groups (broad SMARTS) is 1. The summed E-state index contributed by atoms with van der Waals surface area (Å²) in [6, 6.07) is 26.0. The smallest absolute Gasteiger partial charge is 0.365 e. The fourth-order valence-electron chi connectivity index (χ4n) is 4.92. The Labute approximate surface area is 241 Å². The van der Waals surface area contributed by atoms with Crippen molar-refractivity contribution in [2.45, 2.75) is 45.2 Å². The Morgan fingerprint density at radius 1 is 0.976 bits per heavy atom. The average Bonchev–Trinajstić information content (AvgIpc) is 3.59. The monoisotopic (exact) mass is 565 g/mol. The fourth-order valence-corrected chi connectivity index (χ4v) is 4.92. The number of para-hydroxylation sites is 1. The van der Waals surface area contributed by atoms with Crippen LogP contribution in [0.4, 0.5) is 0 Å². The zero-order chi connectivity index (χ0) is 29.5. The quantitative estimate of drug-likeness (QED) is 0.209. The van der Waals surface area contributed by atoms with E-state index in [9.17, 15) is 19.5 Å². The topological polar surface area (TPSA) is 148 Å². The molecule has 0 aliphatic rings. The van der Waals surface area contributed by atoms with Gasteiger partial charge < -0.3 is 10.4 Å². The largest absolute Gasteiger partial charge is 0.481 e. The third-order valence-electron chi connectivity index (χ3n) is 6.88. The number of nitrogens with one attached hydrogen (secondary N) is 2. The van der Waals surface area contributed by atoms with Gasteiger partial charge in [-0.3, -0.25) is 14.3 Å². The van der Waals surface area contributed by atoms with E-state index in [-0.39, 0.29) is 12.1 Å². The van der Waals surface area contributed by atoms with E-state index in [1.807, 2.05) is 77.5 Å². The number of nitrogens with zero attached hydrogens (tertiary/aromatic N) is 5. The number of hydrogen-bond donors (Lipinski definition) is 3. The molecule has 2 aromatic heterocycles. The predicted molar refractivity (Wildman–Crippen MR) is 156 cm³/mol. The molecule has 0 fully saturated rings. The Morgan fingerprint density at radius 2 is 1.71 bits per heavy atom. The first-order valence-corrected chi connectivity index (χ1v) is 13.7. The van der Waals surface area contributed by atoms with Gasteiger partial charge in [0.1, 0.15) is 5.69 Å². The zero-order valence-electron chi connectivity index (χ0n) is 23.1. The number of tetrazole rings is 1. The van der Waals surface area contributed by atoms with Crippen LogP contribution in [0.5, 0.6) is 0 Å². The summed E-state index contributed by atoms with van der Waals surface area (Å²) < 4.78 is 3.04. The molecule has 214 valence electrons. The summed E-state index contributed by atoms with van der Waals surface area (Å²) in [7, 11) is 0. The summed E-state index contributed by atoms with van der Waals surface area (Å²) in [6.07, 6.45) is 1.83. The Kier molecular flexibility index (Phi) is 8.67. The van der Waals surface area contributed by atoms with E-state index in [2.05, 4.69) is 32.9 Å². The molecule has 11 nitrogen and oxygen atoms in total. The number of H-pyrrole nitrogens is 1. The van der Waals surface area contributed by atoms with Crippen molar-refractivity contribution in [1.29, 1.82) is 0 Å². The molecule has 0 bridgehead atoms. The van der Waals surface area contributed by atoms with Crippen LogP contribution in [0, 0.1) is 0 Å². The van der Waals surface area contributed by atoms with Crippen molar-refractivity contribution >= 4 is 11.9 Å². The van der Waals surface area contributed by atoms with Crippen LogP contribution in [0.3, 0.4) is 0 Å². The molecule has 3 N–H and O–H groups in total. The Hall–Kier alpha value is -5.32. The Balaban J connectivity index is 1.34. The van der Waals surface area contributed by atoms with Crippen molar-refractivity contribution in [3.63, 3.8) is 0 Å². The average molecular weight is 566 g/mol. The van der Waals surface area contributed by atoms with Gasteiger partial charge in [0, 0.05) is 17.3 Å². The van der Waals surface area contributed by atoms with Crippen molar-refractivity contribution in [1.82, 2.24) is 35.3 Å². The van der Waals surface area contributed by atoms with E-state index in [1.54, 1.807) is 12.1 Å². The third-order valence-corrected chi connectivity index (χ3v) is 6.88. The van der Waals surface area contributed by atoms with Crippen molar-refractivity contribution in [2.24, 2.45) is 0 Å². The van der Waals surface area contributed by atoms with E-state index >= 15 is 0 Å². The molecule has 0 saturated heterocycles. The van der Waals surface area contributed by atoms with Crippen molar-refractivity contribution < 1.29 is 14.7 Å². The molecule has 0 radical (unpaired) electrons. The number of aromatic nitrogens is 6. The number of carbonyl (C=O) groups is 2. The zero-order valence-corrected chi connectivity index (χ0v) is 23.1. The number of benzene rings is 3. The van der Waals surface area contributed by atoms with Gasteiger partial charge >= 0.3 is 11.7 Å². The molecule has 0 aliphatic carbocycles. The molecule has 1 amide bonds. The summed E-state index contributed by atoms with van der Waals surface area (Å²) in [4.78, 5) is 36.8. The molecular formula is C31H31N7O4. The van der Waals surface area contributed by atoms with Crippen molar-refractivity contribution in [3.05, 3.63) is 118 Å². The normalized spacial score (nSPS) is 11.7. The molecule has 5 rings (SSSR count). The van der Waals surface area contributed by atoms with E-state index < -0.39 is 23.6 Å². The first-order chi connectivity index (χ1) is 20.4. The van der Waals surface area contributed by atoms with Crippen molar-refractivity contribution in [3.8, 4) is 16.8 Å². The van der Waals surface area contributed by atoms with Crippen LogP contribution in [-0.2, 0) is 24.2 Å². The number of hydrogen-bond acceptors (Lipinski definition) is 6. The summed E-state index contributed by atoms with van der Waals surface area (Å²) >= 11 is 0. The maximum Gasteiger partial charge on any atom is 0.365 e. The van der Waals surface area contributed by atoms with Crippen LogP contribution < -0.4 is 11.0 Å². The second kappa shape index (κ2) is 12.9. The lowest BCUT2D eigenvalue weighted by molar-refractivity contribution is -0.137. The van der Waals surface area contributed by atoms with Gasteiger partial charge in [-0.05, 0) is 52.1 Å². The highest BCUT2D eigenvalue weighted by atomic mass is 16.4. The second-order valence-corrected chi connectivity index (χ2v) is 10.0. The van der Waals surface area contributed by atoms with Gasteiger partial charge in [-0.2, -0.15) is 9.78 Å². The standard InChI is InChI=1S/C31H31N7O4/c1-2-8-25-19-27(30(41)32-24(18-29(39)40)17-21-9-4-3-5-10-21)34-37(25)20-22-13-15-23(16-14-22)26-11-6-7-12-28(26)38-31(42)33-35-36-38/h3-7,9-16,19,24H,2,8,17-18,20H2,1H3,(H,32,41)(H,39,40)(H,33,36,42)/t24-/m1/s1. The number of aliphatic carboxylic acids is 1. The molecule has 0 spiro atoms. The van der Waals surface area contributed by atoms with Gasteiger partial charge in [-0.1, -0.05) is 86.1 Å². The summed E-state index contributed by atoms with van der Waals surface area (Å²) in [5.74, 6) is -1.38. The SMILES string of the molecule is CCCc1cc(C(=O)N[C@@H](CC(=O)O)Cc2ccccc2)nn1Cc1ccc(-c2ccccc2-n2nn[nH]c2=O)cc1. The van der Waals surface area contributed by atoms with Gasteiger partial charge in [0.25, 0.3) is 5.91 Å². The lowest BCUT2D eigenvalue weighted by Crippen LogP contribution is -2.38. The van der Waals surface area contributed by atoms with Crippen LogP contribution in [0.2, 0.25) is 0 Å². The molecule has 1 atom stereocenters. The summed E-state index contributed by atoms with van der Waals surface area (Å²) in [6.45, 7) is 2.52. The molecule has 0 aliphatic heterocycles. The Morgan fingerprint density at radius 3 is 2.40 bits per heavy atom. The van der Waals surface area contributed by atoms with Crippen LogP contribution in [0.25, 0.3) is 16.8 Å². The molecule has 11 heteroatoms. The third kappa shape index (κ3) is 6.69. The van der Waals surface area contributed by atoms with Gasteiger partial charge in [0.15, 0.2) is 0 Å². The number of aryl methyl sites for hydroxylation is 1. The van der Waals surface area contributed by atoms with Crippen molar-refractivity contribution in [2.75, 3.05) is 0 Å². The maximum atomic E-state index is 13.2. The molecule has 3 aromatic carbocycles. The first kappa shape index (κ1) is 28.2. The van der Waals surface area contributed by atoms with Gasteiger partial charge in [-0.15, -0.1) is 0 Å². The molecule has 42 heavy (non-hydrogen) atoms. The van der Waals surface area contributed by atoms with Gasteiger partial charge in [0.05, 0.1) is 18.7 Å². The highest BCUT2D eigenvalue weighted by Gasteiger charge is 2.21. The van der Waals surface area contributed by atoms with E-state index in [0.29, 0.717) is 18.7 Å². The predicted octanol–water partition coefficient (Wildman–Crippen LogP) is 3.64. The Bertz CT molecular complexity index is 1720. The van der Waals surface area contributed by atoms with Crippen LogP contribution in [-0.4, -0.2) is 53.0 Å². The van der Waals surface area contributed by atoms with Crippen LogP contribution in [0.1, 0.15) is 47.1 Å². The maximum absolute atomic E-state index is 13.2. The van der Waals surface area contributed by atoms with E-state index in [1.165, 1.54) is 4.68 Å². The van der Waals surface area contributed by atoms with E-state index in [4.69, 9.17) is 0 Å². The molecule has 0 saturated carbocycles. The molecule has 0 unspecified atom stereocenters. The molecule has 2 heterocycles. The highest BCUT2D eigenvalue weighted by molar-refractivity contribution is 5.92. The minimum Gasteiger partial charge on any atom is -0.481 e. The molecular weight excluding hydrogens is 534 g/mol. The number of carbonyl (C=O) groups excluding carboxylic acids is 1. The summed E-state index contributed by atoms with van der Waals surface area (Å²) in [5, 5.41) is 26.7. The fraction of sp³-hybridized carbons (Fsp3) is 0.226. The van der Waals surface area contributed by atoms with E-state index in [0.717, 1.165) is 40.8 Å². The molecule has 5 aromatic rings.